The molecule has 1 amide bonds. The van der Waals surface area contributed by atoms with Gasteiger partial charge in [0.2, 0.25) is 0 Å². The fourth-order valence-electron chi connectivity index (χ4n) is 4.74. The van der Waals surface area contributed by atoms with Crippen molar-refractivity contribution in [1.29, 1.82) is 0 Å². The first-order chi connectivity index (χ1) is 18.1. The number of nitrogens with zero attached hydrogens (tertiary/aromatic N) is 2. The van der Waals surface area contributed by atoms with E-state index < -0.39 is 16.0 Å². The number of benzene rings is 3. The summed E-state index contributed by atoms with van der Waals surface area (Å²) < 4.78 is 49.0. The molecule has 0 unspecified atom stereocenters. The average Bonchev–Trinajstić information content (AvgIpc) is 2.92. The van der Waals surface area contributed by atoms with Crippen LogP contribution in [0.1, 0.15) is 60.6 Å². The van der Waals surface area contributed by atoms with Crippen molar-refractivity contribution in [2.75, 3.05) is 18.4 Å². The number of amides is 1. The van der Waals surface area contributed by atoms with Crippen molar-refractivity contribution >= 4 is 21.8 Å². The van der Waals surface area contributed by atoms with Crippen molar-refractivity contribution in [2.45, 2.75) is 51.3 Å². The summed E-state index contributed by atoms with van der Waals surface area (Å²) in [6.45, 7) is 4.10. The van der Waals surface area contributed by atoms with E-state index in [1.165, 1.54) is 32.3 Å². The molecule has 0 radical (unpaired) electrons. The zero-order valence-corrected chi connectivity index (χ0v) is 23.0. The molecular weight excluding hydrogens is 505 g/mol. The number of hydrogen-bond donors (Lipinski definition) is 1. The van der Waals surface area contributed by atoms with Gasteiger partial charge in [0.25, 0.3) is 5.91 Å². The number of carbonyl (C=O) groups is 1. The van der Waals surface area contributed by atoms with E-state index in [1.54, 1.807) is 30.3 Å². The Hall–Kier alpha value is -3.43. The van der Waals surface area contributed by atoms with Crippen LogP contribution in [0.25, 0.3) is 0 Å². The third-order valence-corrected chi connectivity index (χ3v) is 9.00. The van der Waals surface area contributed by atoms with Gasteiger partial charge in [0, 0.05) is 31.6 Å². The second kappa shape index (κ2) is 11.1. The molecule has 1 N–H and O–H groups in total. The standard InChI is InChI=1S/C29H34FN3O4S/c1-5-29(6-2)19-25(23-11-7-10-14-27(23)37-29)31-28(34)22-17-15-21(16-18-22)20-33(38(35,36)32(3)4)26-13-9-8-12-24(26)30/h7-18,25H,5-6,19-20H2,1-4H3,(H,31,34)/t25-/m0/s1. The van der Waals surface area contributed by atoms with E-state index in [0.717, 1.165) is 32.8 Å². The molecule has 0 bridgehead atoms. The number of ether oxygens (including phenoxy) is 1. The zero-order valence-electron chi connectivity index (χ0n) is 22.1. The quantitative estimate of drug-likeness (QED) is 0.392. The fraction of sp³-hybridized carbons (Fsp3) is 0.345. The van der Waals surface area contributed by atoms with Crippen LogP contribution in [0.2, 0.25) is 0 Å². The Morgan fingerprint density at radius 3 is 2.26 bits per heavy atom. The molecule has 0 spiro atoms. The number of hydrogen-bond acceptors (Lipinski definition) is 4. The summed E-state index contributed by atoms with van der Waals surface area (Å²) in [6.07, 6.45) is 2.32. The molecule has 3 aromatic rings. The van der Waals surface area contributed by atoms with E-state index in [2.05, 4.69) is 19.2 Å². The van der Waals surface area contributed by atoms with Gasteiger partial charge in [-0.05, 0) is 48.7 Å². The Bertz CT molecular complexity index is 1390. The van der Waals surface area contributed by atoms with Crippen LogP contribution in [0.5, 0.6) is 5.75 Å². The highest BCUT2D eigenvalue weighted by atomic mass is 32.2. The van der Waals surface area contributed by atoms with E-state index in [9.17, 15) is 17.6 Å². The number of fused-ring (bicyclic) bond motifs is 1. The average molecular weight is 540 g/mol. The molecule has 1 aliphatic heterocycles. The Labute approximate surface area is 224 Å². The topological polar surface area (TPSA) is 79.0 Å². The molecule has 0 aromatic heterocycles. The van der Waals surface area contributed by atoms with Crippen molar-refractivity contribution in [1.82, 2.24) is 9.62 Å². The normalized spacial score (nSPS) is 16.4. The smallest absolute Gasteiger partial charge is 0.303 e. The van der Waals surface area contributed by atoms with Crippen molar-refractivity contribution in [3.8, 4) is 5.75 Å². The Kier molecular flexibility index (Phi) is 8.08. The highest BCUT2D eigenvalue weighted by Crippen LogP contribution is 2.42. The third kappa shape index (κ3) is 5.54. The van der Waals surface area contributed by atoms with E-state index in [4.69, 9.17) is 4.74 Å². The molecule has 7 nitrogen and oxygen atoms in total. The molecule has 3 aromatic carbocycles. The molecule has 1 heterocycles. The minimum absolute atomic E-state index is 0.0449. The maximum Gasteiger partial charge on any atom is 0.303 e. The van der Waals surface area contributed by atoms with Crippen LogP contribution >= 0.6 is 0 Å². The minimum atomic E-state index is -3.97. The number of para-hydroxylation sites is 2. The maximum atomic E-state index is 14.6. The first kappa shape index (κ1) is 27.6. The van der Waals surface area contributed by atoms with Gasteiger partial charge < -0.3 is 10.1 Å². The molecule has 0 saturated heterocycles. The van der Waals surface area contributed by atoms with Crippen LogP contribution in [0.3, 0.4) is 0 Å². The van der Waals surface area contributed by atoms with E-state index in [0.29, 0.717) is 17.5 Å². The van der Waals surface area contributed by atoms with Crippen LogP contribution in [0, 0.1) is 5.82 Å². The molecule has 0 saturated carbocycles. The summed E-state index contributed by atoms with van der Waals surface area (Å²) in [5.41, 5.74) is 1.62. The van der Waals surface area contributed by atoms with E-state index >= 15 is 0 Å². The number of rotatable bonds is 9. The Morgan fingerprint density at radius 1 is 1.00 bits per heavy atom. The predicted octanol–water partition coefficient (Wildman–Crippen LogP) is 5.45. The van der Waals surface area contributed by atoms with Gasteiger partial charge >= 0.3 is 10.2 Å². The number of carbonyl (C=O) groups excluding carboxylic acids is 1. The maximum absolute atomic E-state index is 14.6. The zero-order chi connectivity index (χ0) is 27.5. The molecule has 202 valence electrons. The molecule has 1 aliphatic rings. The molecule has 9 heteroatoms. The Balaban J connectivity index is 1.55. The second-order valence-electron chi connectivity index (χ2n) is 9.71. The number of nitrogens with one attached hydrogen (secondary N) is 1. The van der Waals surface area contributed by atoms with Gasteiger partial charge in [-0.15, -0.1) is 0 Å². The highest BCUT2D eigenvalue weighted by molar-refractivity contribution is 7.90. The largest absolute Gasteiger partial charge is 0.487 e. The summed E-state index contributed by atoms with van der Waals surface area (Å²) in [7, 11) is -1.17. The number of halogens is 1. The first-order valence-corrected chi connectivity index (χ1v) is 14.1. The fourth-order valence-corrected chi connectivity index (χ4v) is 5.84. The molecule has 38 heavy (non-hydrogen) atoms. The summed E-state index contributed by atoms with van der Waals surface area (Å²) >= 11 is 0. The second-order valence-corrected chi connectivity index (χ2v) is 11.8. The van der Waals surface area contributed by atoms with Crippen molar-refractivity contribution in [3.05, 3.63) is 95.3 Å². The van der Waals surface area contributed by atoms with Crippen molar-refractivity contribution in [2.24, 2.45) is 0 Å². The first-order valence-electron chi connectivity index (χ1n) is 12.7. The summed E-state index contributed by atoms with van der Waals surface area (Å²) in [5, 5.41) is 3.17. The summed E-state index contributed by atoms with van der Waals surface area (Å²) in [5.74, 6) is -0.0782. The van der Waals surface area contributed by atoms with Gasteiger partial charge in [-0.3, -0.25) is 9.10 Å². The van der Waals surface area contributed by atoms with Gasteiger partial charge in [-0.1, -0.05) is 56.3 Å². The SMILES string of the molecule is CCC1(CC)C[C@H](NC(=O)c2ccc(CN(c3ccccc3F)S(=O)(=O)N(C)C)cc2)c2ccccc2O1. The predicted molar refractivity (Wildman–Crippen MR) is 147 cm³/mol. The summed E-state index contributed by atoms with van der Waals surface area (Å²) in [4.78, 5) is 13.2. The van der Waals surface area contributed by atoms with Gasteiger partial charge in [0.1, 0.15) is 17.2 Å². The van der Waals surface area contributed by atoms with Crippen LogP contribution in [-0.2, 0) is 16.8 Å². The molecule has 4 rings (SSSR count). The van der Waals surface area contributed by atoms with Crippen molar-refractivity contribution < 1.29 is 22.3 Å². The lowest BCUT2D eigenvalue weighted by molar-refractivity contribution is 0.0227. The van der Waals surface area contributed by atoms with E-state index in [-0.39, 0.29) is 29.8 Å². The van der Waals surface area contributed by atoms with Crippen LogP contribution < -0.4 is 14.4 Å². The van der Waals surface area contributed by atoms with Gasteiger partial charge in [-0.25, -0.2) is 4.39 Å². The lowest BCUT2D eigenvalue weighted by Crippen LogP contribution is -2.44. The molecule has 0 aliphatic carbocycles. The molecular formula is C29H34FN3O4S. The monoisotopic (exact) mass is 539 g/mol. The Morgan fingerprint density at radius 2 is 1.63 bits per heavy atom. The van der Waals surface area contributed by atoms with Crippen LogP contribution in [0.4, 0.5) is 10.1 Å². The third-order valence-electron chi connectivity index (χ3n) is 7.19. The lowest BCUT2D eigenvalue weighted by Gasteiger charge is -2.41. The highest BCUT2D eigenvalue weighted by Gasteiger charge is 2.39. The van der Waals surface area contributed by atoms with Crippen LogP contribution in [0.15, 0.2) is 72.8 Å². The van der Waals surface area contributed by atoms with Gasteiger partial charge in [0.05, 0.1) is 18.3 Å². The lowest BCUT2D eigenvalue weighted by atomic mass is 9.83. The van der Waals surface area contributed by atoms with Gasteiger partial charge in [-0.2, -0.15) is 12.7 Å². The molecule has 1 atom stereocenters. The van der Waals surface area contributed by atoms with Crippen LogP contribution in [-0.4, -0.2) is 38.3 Å². The molecule has 0 fully saturated rings. The number of anilines is 1. The van der Waals surface area contributed by atoms with Gasteiger partial charge in [0.15, 0.2) is 0 Å². The minimum Gasteiger partial charge on any atom is -0.487 e. The van der Waals surface area contributed by atoms with Crippen molar-refractivity contribution in [3.63, 3.8) is 0 Å². The summed E-state index contributed by atoms with van der Waals surface area (Å²) in [6, 6.07) is 20.0. The van der Waals surface area contributed by atoms with E-state index in [1.807, 2.05) is 24.3 Å².